The highest BCUT2D eigenvalue weighted by Gasteiger charge is 2.32. The Labute approximate surface area is 206 Å². The van der Waals surface area contributed by atoms with E-state index < -0.39 is 0 Å². The lowest BCUT2D eigenvalue weighted by Crippen LogP contribution is -2.45. The van der Waals surface area contributed by atoms with Crippen LogP contribution in [0.2, 0.25) is 0 Å². The minimum atomic E-state index is -0.318. The molecule has 174 valence electrons. The average molecular weight is 484 g/mol. The molecule has 3 unspecified atom stereocenters. The van der Waals surface area contributed by atoms with Crippen molar-refractivity contribution in [3.8, 4) is 0 Å². The summed E-state index contributed by atoms with van der Waals surface area (Å²) in [6.07, 6.45) is 4.03. The van der Waals surface area contributed by atoms with Gasteiger partial charge in [0.25, 0.3) is 0 Å². The molecule has 3 aromatic rings. The zero-order chi connectivity index (χ0) is 22.3. The minimum Gasteiger partial charge on any atom is -0.453 e. The maximum absolute atomic E-state index is 12.8. The third-order valence-electron chi connectivity index (χ3n) is 6.37. The van der Waals surface area contributed by atoms with Crippen LogP contribution in [0, 0.1) is 0 Å². The number of ketones is 1. The predicted molar refractivity (Wildman–Crippen MR) is 135 cm³/mol. The number of hydrogen-bond acceptors (Lipinski definition) is 5. The predicted octanol–water partition coefficient (Wildman–Crippen LogP) is 6.58. The maximum Gasteiger partial charge on any atom is 0.348 e. The Hall–Kier alpha value is -2.47. The van der Waals surface area contributed by atoms with Crippen LogP contribution in [0.15, 0.2) is 78.2 Å². The van der Waals surface area contributed by atoms with Gasteiger partial charge in [0.05, 0.1) is 0 Å². The third-order valence-corrected chi connectivity index (χ3v) is 7.22. The van der Waals surface area contributed by atoms with Crippen molar-refractivity contribution in [2.45, 2.75) is 50.3 Å². The first kappa shape index (κ1) is 25.2. The van der Waals surface area contributed by atoms with Crippen molar-refractivity contribution in [3.63, 3.8) is 0 Å². The largest absolute Gasteiger partial charge is 0.453 e. The summed E-state index contributed by atoms with van der Waals surface area (Å²) in [5.74, 6) is -0.0880. The van der Waals surface area contributed by atoms with E-state index in [0.717, 1.165) is 30.4 Å². The summed E-state index contributed by atoms with van der Waals surface area (Å²) in [6, 6.07) is 23.6. The Balaban J connectivity index is 0.00000306. The highest BCUT2D eigenvalue weighted by atomic mass is 35.5. The van der Waals surface area contributed by atoms with E-state index in [-0.39, 0.29) is 42.3 Å². The van der Waals surface area contributed by atoms with Crippen LogP contribution in [0.4, 0.5) is 0 Å². The Bertz CT molecular complexity index is 1010. The Morgan fingerprint density at radius 3 is 2.30 bits per heavy atom. The molecule has 2 aromatic carbocycles. The van der Waals surface area contributed by atoms with Crippen molar-refractivity contribution in [3.05, 3.63) is 94.2 Å². The number of halogens is 1. The van der Waals surface area contributed by atoms with E-state index in [1.807, 2.05) is 72.1 Å². The van der Waals surface area contributed by atoms with Crippen LogP contribution in [-0.2, 0) is 4.74 Å². The smallest absolute Gasteiger partial charge is 0.348 e. The van der Waals surface area contributed by atoms with Gasteiger partial charge in [0.2, 0.25) is 0 Å². The van der Waals surface area contributed by atoms with Crippen molar-refractivity contribution < 1.29 is 14.3 Å². The molecule has 1 aromatic heterocycles. The number of carbonyl (C=O) groups excluding carboxylic acids is 2. The number of esters is 1. The molecule has 0 amide bonds. The van der Waals surface area contributed by atoms with Gasteiger partial charge in [-0.2, -0.15) is 0 Å². The molecule has 33 heavy (non-hydrogen) atoms. The van der Waals surface area contributed by atoms with Gasteiger partial charge >= 0.3 is 5.97 Å². The average Bonchev–Trinajstić information content (AvgIpc) is 3.37. The quantitative estimate of drug-likeness (QED) is 0.268. The van der Waals surface area contributed by atoms with E-state index >= 15 is 0 Å². The second-order valence-electron chi connectivity index (χ2n) is 8.41. The maximum atomic E-state index is 12.8. The lowest BCUT2D eigenvalue weighted by atomic mass is 9.88. The van der Waals surface area contributed by atoms with Gasteiger partial charge in [0.15, 0.2) is 5.78 Å². The van der Waals surface area contributed by atoms with E-state index in [2.05, 4.69) is 11.9 Å². The fourth-order valence-corrected chi connectivity index (χ4v) is 5.13. The molecular formula is C27H30ClNO3S. The van der Waals surface area contributed by atoms with Crippen LogP contribution in [0.1, 0.15) is 63.8 Å². The van der Waals surface area contributed by atoms with Gasteiger partial charge in [0, 0.05) is 30.5 Å². The molecule has 6 heteroatoms. The fraction of sp³-hybridized carbons (Fsp3) is 0.333. The van der Waals surface area contributed by atoms with E-state index in [9.17, 15) is 9.59 Å². The molecule has 3 atom stereocenters. The molecule has 2 heterocycles. The zero-order valence-corrected chi connectivity index (χ0v) is 20.4. The van der Waals surface area contributed by atoms with Crippen molar-refractivity contribution >= 4 is 35.5 Å². The molecule has 0 radical (unpaired) electrons. The van der Waals surface area contributed by atoms with E-state index in [0.29, 0.717) is 17.7 Å². The normalized spacial score (nSPS) is 19.3. The first-order valence-corrected chi connectivity index (χ1v) is 12.1. The van der Waals surface area contributed by atoms with Crippen LogP contribution in [-0.4, -0.2) is 35.8 Å². The number of nitrogens with zero attached hydrogens (tertiary/aromatic N) is 1. The lowest BCUT2D eigenvalue weighted by Gasteiger charge is -2.40. The highest BCUT2D eigenvalue weighted by Crippen LogP contribution is 2.33. The highest BCUT2D eigenvalue weighted by molar-refractivity contribution is 7.11. The van der Waals surface area contributed by atoms with Crippen molar-refractivity contribution in [2.24, 2.45) is 0 Å². The lowest BCUT2D eigenvalue weighted by molar-refractivity contribution is 0.0121. The van der Waals surface area contributed by atoms with Crippen molar-refractivity contribution in [2.75, 3.05) is 7.05 Å². The number of ether oxygens (including phenoxy) is 1. The molecule has 0 aliphatic carbocycles. The monoisotopic (exact) mass is 483 g/mol. The van der Waals surface area contributed by atoms with Crippen molar-refractivity contribution in [1.29, 1.82) is 0 Å². The first-order chi connectivity index (χ1) is 15.6. The number of rotatable bonds is 8. The van der Waals surface area contributed by atoms with E-state index in [4.69, 9.17) is 4.74 Å². The van der Waals surface area contributed by atoms with E-state index in [1.54, 1.807) is 6.07 Å². The molecule has 1 saturated heterocycles. The number of hydrogen-bond donors (Lipinski definition) is 0. The number of Topliss-reactive ketones (excluding diaryl/α,β-unsaturated/α-hetero) is 1. The van der Waals surface area contributed by atoms with Gasteiger partial charge in [-0.05, 0) is 36.9 Å². The molecule has 1 aliphatic rings. The number of thiophene rings is 1. The van der Waals surface area contributed by atoms with E-state index in [1.165, 1.54) is 11.3 Å². The number of carbonyl (C=O) groups is 2. The molecule has 0 spiro atoms. The van der Waals surface area contributed by atoms with Gasteiger partial charge in [-0.25, -0.2) is 4.79 Å². The summed E-state index contributed by atoms with van der Waals surface area (Å²) in [5, 5.41) is 1.89. The Morgan fingerprint density at radius 1 is 0.970 bits per heavy atom. The van der Waals surface area contributed by atoms with Gasteiger partial charge in [-0.15, -0.1) is 23.7 Å². The molecule has 1 aliphatic heterocycles. The van der Waals surface area contributed by atoms with Gasteiger partial charge in [-0.3, -0.25) is 9.69 Å². The van der Waals surface area contributed by atoms with Gasteiger partial charge in [-0.1, -0.05) is 73.2 Å². The third kappa shape index (κ3) is 6.53. The fourth-order valence-electron chi connectivity index (χ4n) is 4.53. The Morgan fingerprint density at radius 2 is 1.64 bits per heavy atom. The summed E-state index contributed by atoms with van der Waals surface area (Å²) >= 11 is 1.40. The summed E-state index contributed by atoms with van der Waals surface area (Å²) < 4.78 is 6.00. The summed E-state index contributed by atoms with van der Waals surface area (Å²) in [7, 11) is 2.11. The second-order valence-corrected chi connectivity index (χ2v) is 9.36. The molecule has 1 fully saturated rings. The second kappa shape index (κ2) is 12.1. The van der Waals surface area contributed by atoms with Crippen LogP contribution >= 0.6 is 23.7 Å². The minimum absolute atomic E-state index is 0. The molecule has 4 rings (SSSR count). The van der Waals surface area contributed by atoms with Gasteiger partial charge < -0.3 is 4.74 Å². The topological polar surface area (TPSA) is 46.6 Å². The molecule has 4 nitrogen and oxygen atoms in total. The van der Waals surface area contributed by atoms with Crippen LogP contribution in [0.25, 0.3) is 0 Å². The zero-order valence-electron chi connectivity index (χ0n) is 18.8. The van der Waals surface area contributed by atoms with Crippen LogP contribution in [0.5, 0.6) is 0 Å². The van der Waals surface area contributed by atoms with Crippen LogP contribution < -0.4 is 0 Å². The Kier molecular flexibility index (Phi) is 9.24. The molecule has 0 N–H and O–H groups in total. The number of benzene rings is 2. The molecule has 0 bridgehead atoms. The standard InChI is InChI=1S/C27H29NO3S.ClH/c1-28-22(18-24(29)20-10-4-2-5-11-20)14-8-15-23(28)19-25(21-12-6-3-7-13-21)31-27(30)26-16-9-17-32-26;/h2-7,9-13,16-17,22-23,25H,8,14-15,18-19H2,1H3;1H. The first-order valence-electron chi connectivity index (χ1n) is 11.2. The summed E-state index contributed by atoms with van der Waals surface area (Å²) in [5.41, 5.74) is 1.78. The summed E-state index contributed by atoms with van der Waals surface area (Å²) in [6.45, 7) is 0. The van der Waals surface area contributed by atoms with Gasteiger partial charge in [0.1, 0.15) is 11.0 Å². The van der Waals surface area contributed by atoms with Crippen LogP contribution in [0.3, 0.4) is 0 Å². The number of piperidine rings is 1. The SMILES string of the molecule is CN1C(CC(=O)c2ccccc2)CCCC1CC(OC(=O)c1cccs1)c1ccccc1.Cl. The molecular weight excluding hydrogens is 454 g/mol. The molecule has 0 saturated carbocycles. The van der Waals surface area contributed by atoms with Crippen molar-refractivity contribution in [1.82, 2.24) is 4.90 Å². The number of likely N-dealkylation sites (tertiary alicyclic amines) is 1. The summed E-state index contributed by atoms with van der Waals surface area (Å²) in [4.78, 5) is 28.5.